The number of methoxy groups -OCH3 is 1. The first-order valence-corrected chi connectivity index (χ1v) is 12.7. The molecule has 1 aliphatic heterocycles. The van der Waals surface area contributed by atoms with Crippen molar-refractivity contribution in [3.63, 3.8) is 0 Å². The summed E-state index contributed by atoms with van der Waals surface area (Å²) in [6, 6.07) is 10.4. The standard InChI is InChI=1S/C22H28N2O5S2.ClH/c1-22(21(25)23-26,31(3,27)28)11-14-24-12-8-17(9-13-24)16-4-6-18(7-5-16)20-19(29-2)10-15-30-20;/h4-8,10,15,26H,9,11-14H2,1-3H3,(H,23,25);1H. The molecule has 32 heavy (non-hydrogen) atoms. The Morgan fingerprint density at radius 1 is 1.25 bits per heavy atom. The molecule has 1 atom stereocenters. The van der Waals surface area contributed by atoms with Gasteiger partial charge in [-0.25, -0.2) is 13.9 Å². The van der Waals surface area contributed by atoms with Crippen LogP contribution >= 0.6 is 23.7 Å². The number of ether oxygens (including phenoxy) is 1. The summed E-state index contributed by atoms with van der Waals surface area (Å²) >= 11 is 1.65. The van der Waals surface area contributed by atoms with E-state index in [1.165, 1.54) is 23.5 Å². The molecule has 2 N–H and O–H groups in total. The number of benzene rings is 1. The van der Waals surface area contributed by atoms with Gasteiger partial charge in [-0.15, -0.1) is 23.7 Å². The first kappa shape index (κ1) is 26.3. The Balaban J connectivity index is 0.00000363. The highest BCUT2D eigenvalue weighted by molar-refractivity contribution is 7.92. The van der Waals surface area contributed by atoms with Gasteiger partial charge >= 0.3 is 0 Å². The SMILES string of the molecule is COc1ccsc1-c1ccc(C2=CCN(CCC(C)(C(=O)NO)S(C)(=O)=O)CC2)cc1.Cl. The van der Waals surface area contributed by atoms with E-state index in [0.717, 1.165) is 35.4 Å². The van der Waals surface area contributed by atoms with Crippen LogP contribution in [-0.2, 0) is 14.6 Å². The highest BCUT2D eigenvalue weighted by Gasteiger charge is 2.43. The number of rotatable bonds is 8. The molecule has 1 unspecified atom stereocenters. The minimum atomic E-state index is -3.68. The molecular weight excluding hydrogens is 472 g/mol. The first-order valence-electron chi connectivity index (χ1n) is 9.97. The molecule has 176 valence electrons. The average molecular weight is 501 g/mol. The summed E-state index contributed by atoms with van der Waals surface area (Å²) in [7, 11) is -2.01. The van der Waals surface area contributed by atoms with Gasteiger partial charge in [-0.05, 0) is 47.9 Å². The van der Waals surface area contributed by atoms with E-state index in [-0.39, 0.29) is 18.8 Å². The van der Waals surface area contributed by atoms with Crippen molar-refractivity contribution in [2.75, 3.05) is 33.0 Å². The van der Waals surface area contributed by atoms with Crippen LogP contribution in [-0.4, -0.2) is 62.2 Å². The molecular formula is C22H29ClN2O5S2. The number of carbonyl (C=O) groups is 1. The quantitative estimate of drug-likeness (QED) is 0.424. The van der Waals surface area contributed by atoms with Crippen molar-refractivity contribution in [3.8, 4) is 16.2 Å². The zero-order valence-electron chi connectivity index (χ0n) is 18.3. The lowest BCUT2D eigenvalue weighted by atomic mass is 9.97. The van der Waals surface area contributed by atoms with Crippen molar-refractivity contribution >= 4 is 45.1 Å². The Labute approximate surface area is 199 Å². The molecule has 0 aliphatic carbocycles. The van der Waals surface area contributed by atoms with Crippen molar-refractivity contribution in [2.24, 2.45) is 0 Å². The van der Waals surface area contributed by atoms with Crippen LogP contribution in [0.2, 0.25) is 0 Å². The molecule has 2 aromatic rings. The Morgan fingerprint density at radius 3 is 2.44 bits per heavy atom. The van der Waals surface area contributed by atoms with Crippen molar-refractivity contribution in [2.45, 2.75) is 24.5 Å². The van der Waals surface area contributed by atoms with Crippen LogP contribution in [0.4, 0.5) is 0 Å². The Kier molecular flexibility index (Phi) is 8.90. The lowest BCUT2D eigenvalue weighted by molar-refractivity contribution is -0.131. The Morgan fingerprint density at radius 2 is 1.91 bits per heavy atom. The fourth-order valence-corrected chi connectivity index (χ4v) is 5.35. The van der Waals surface area contributed by atoms with Crippen LogP contribution in [0.25, 0.3) is 16.0 Å². The number of halogens is 1. The lowest BCUT2D eigenvalue weighted by Crippen LogP contribution is -2.51. The van der Waals surface area contributed by atoms with Crippen molar-refractivity contribution in [1.29, 1.82) is 0 Å². The molecule has 0 spiro atoms. The third-order valence-electron chi connectivity index (χ3n) is 5.97. The fourth-order valence-electron chi connectivity index (χ4n) is 3.64. The summed E-state index contributed by atoms with van der Waals surface area (Å²) in [5.74, 6) is -0.0213. The molecule has 0 fully saturated rings. The molecule has 0 saturated carbocycles. The van der Waals surface area contributed by atoms with E-state index < -0.39 is 20.5 Å². The van der Waals surface area contributed by atoms with Gasteiger partial charge in [0.05, 0.1) is 12.0 Å². The van der Waals surface area contributed by atoms with E-state index in [4.69, 9.17) is 9.94 Å². The smallest absolute Gasteiger partial charge is 0.264 e. The van der Waals surface area contributed by atoms with Crippen LogP contribution in [0.3, 0.4) is 0 Å². The summed E-state index contributed by atoms with van der Waals surface area (Å²) in [5.41, 5.74) is 5.03. The van der Waals surface area contributed by atoms with Crippen molar-refractivity contribution < 1.29 is 23.2 Å². The third-order valence-corrected chi connectivity index (χ3v) is 8.94. The molecule has 1 amide bonds. The molecule has 1 aromatic carbocycles. The minimum Gasteiger partial charge on any atom is -0.495 e. The summed E-state index contributed by atoms with van der Waals surface area (Å²) in [6.45, 7) is 3.24. The zero-order valence-corrected chi connectivity index (χ0v) is 20.8. The van der Waals surface area contributed by atoms with Crippen molar-refractivity contribution in [1.82, 2.24) is 10.4 Å². The predicted molar refractivity (Wildman–Crippen MR) is 130 cm³/mol. The van der Waals surface area contributed by atoms with Gasteiger partial charge in [-0.1, -0.05) is 30.3 Å². The van der Waals surface area contributed by atoms with E-state index in [0.29, 0.717) is 13.1 Å². The molecule has 2 heterocycles. The minimum absolute atomic E-state index is 0. The molecule has 7 nitrogen and oxygen atoms in total. The number of thiophene rings is 1. The second-order valence-corrected chi connectivity index (χ2v) is 11.2. The summed E-state index contributed by atoms with van der Waals surface area (Å²) < 4.78 is 28.0. The number of hydrogen-bond donors (Lipinski definition) is 2. The van der Waals surface area contributed by atoms with Crippen LogP contribution in [0.1, 0.15) is 25.3 Å². The zero-order chi connectivity index (χ0) is 22.6. The molecule has 10 heteroatoms. The fraction of sp³-hybridized carbons (Fsp3) is 0.409. The van der Waals surface area contributed by atoms with Crippen LogP contribution in [0.5, 0.6) is 5.75 Å². The van der Waals surface area contributed by atoms with Gasteiger partial charge in [0, 0.05) is 25.9 Å². The Bertz CT molecular complexity index is 1070. The lowest BCUT2D eigenvalue weighted by Gasteiger charge is -2.31. The van der Waals surface area contributed by atoms with Gasteiger partial charge in [0.2, 0.25) is 0 Å². The molecule has 0 bridgehead atoms. The highest BCUT2D eigenvalue weighted by Crippen LogP contribution is 2.36. The second-order valence-electron chi connectivity index (χ2n) is 7.87. The van der Waals surface area contributed by atoms with E-state index >= 15 is 0 Å². The number of hydrogen-bond acceptors (Lipinski definition) is 7. The monoisotopic (exact) mass is 500 g/mol. The van der Waals surface area contributed by atoms with Gasteiger partial charge < -0.3 is 4.74 Å². The van der Waals surface area contributed by atoms with E-state index in [9.17, 15) is 13.2 Å². The first-order chi connectivity index (χ1) is 14.7. The number of hydroxylamine groups is 1. The normalized spacial score (nSPS) is 16.4. The van der Waals surface area contributed by atoms with E-state index in [2.05, 4.69) is 35.2 Å². The van der Waals surface area contributed by atoms with E-state index in [1.807, 2.05) is 11.4 Å². The summed E-state index contributed by atoms with van der Waals surface area (Å²) in [5, 5.41) is 11.0. The molecule has 1 aromatic heterocycles. The molecule has 1 aliphatic rings. The number of amides is 1. The van der Waals surface area contributed by atoms with Crippen LogP contribution in [0, 0.1) is 0 Å². The number of carbonyl (C=O) groups excluding carboxylic acids is 1. The van der Waals surface area contributed by atoms with Gasteiger partial charge in [0.25, 0.3) is 5.91 Å². The maximum absolute atomic E-state index is 12.1. The summed E-state index contributed by atoms with van der Waals surface area (Å²) in [6.07, 6.45) is 4.11. The predicted octanol–water partition coefficient (Wildman–Crippen LogP) is 3.63. The molecule has 0 radical (unpaired) electrons. The highest BCUT2D eigenvalue weighted by atomic mass is 35.5. The number of sulfone groups is 1. The topological polar surface area (TPSA) is 95.9 Å². The maximum Gasteiger partial charge on any atom is 0.264 e. The van der Waals surface area contributed by atoms with Crippen LogP contribution < -0.4 is 10.2 Å². The van der Waals surface area contributed by atoms with Gasteiger partial charge in [0.15, 0.2) is 14.6 Å². The maximum atomic E-state index is 12.1. The van der Waals surface area contributed by atoms with Gasteiger partial charge in [-0.3, -0.25) is 14.9 Å². The average Bonchev–Trinajstić information content (AvgIpc) is 3.25. The number of nitrogens with zero attached hydrogens (tertiary/aromatic N) is 1. The van der Waals surface area contributed by atoms with Gasteiger partial charge in [-0.2, -0.15) is 0 Å². The van der Waals surface area contributed by atoms with Crippen molar-refractivity contribution in [3.05, 3.63) is 47.4 Å². The largest absolute Gasteiger partial charge is 0.495 e. The third kappa shape index (κ3) is 5.52. The molecule has 0 saturated heterocycles. The van der Waals surface area contributed by atoms with Gasteiger partial charge in [0.1, 0.15) is 5.75 Å². The van der Waals surface area contributed by atoms with E-state index in [1.54, 1.807) is 18.4 Å². The summed E-state index contributed by atoms with van der Waals surface area (Å²) in [4.78, 5) is 15.2. The second kappa shape index (κ2) is 10.8. The van der Waals surface area contributed by atoms with Crippen LogP contribution in [0.15, 0.2) is 41.8 Å². The number of nitrogens with one attached hydrogen (secondary N) is 1. The molecule has 3 rings (SSSR count). The Hall–Kier alpha value is -1.91.